The van der Waals surface area contributed by atoms with Crippen molar-refractivity contribution in [2.24, 2.45) is 0 Å². The Balaban J connectivity index is 2.08. The zero-order chi connectivity index (χ0) is 16.8. The lowest BCUT2D eigenvalue weighted by Gasteiger charge is -2.25. The monoisotopic (exact) mass is 329 g/mol. The molecule has 0 saturated carbocycles. The van der Waals surface area contributed by atoms with Crippen molar-refractivity contribution in [2.45, 2.75) is 44.1 Å². The molecule has 23 heavy (non-hydrogen) atoms. The Hall–Kier alpha value is -1.68. The fraction of sp³-hybridized carbons (Fsp3) is 0.421. The number of anilines is 1. The van der Waals surface area contributed by atoms with Crippen LogP contribution < -0.4 is 4.90 Å². The standard InChI is InChI=1S/C19H23NO2S/c1-12-11-20(18(21)22-19(2,3)4)15-10-9-13-14(17(12)15)7-6-8-16(13)23-5/h6-10,12H,11H2,1-5H3. The van der Waals surface area contributed by atoms with Crippen LogP contribution >= 0.6 is 11.8 Å². The maximum absolute atomic E-state index is 12.5. The van der Waals surface area contributed by atoms with E-state index in [1.54, 1.807) is 16.7 Å². The number of carbonyl (C=O) groups excluding carboxylic acids is 1. The molecule has 0 aromatic heterocycles. The van der Waals surface area contributed by atoms with E-state index in [9.17, 15) is 4.79 Å². The average molecular weight is 329 g/mol. The number of nitrogens with zero attached hydrogens (tertiary/aromatic N) is 1. The summed E-state index contributed by atoms with van der Waals surface area (Å²) in [6, 6.07) is 10.6. The molecule has 2 aromatic rings. The van der Waals surface area contributed by atoms with Crippen molar-refractivity contribution < 1.29 is 9.53 Å². The van der Waals surface area contributed by atoms with Crippen molar-refractivity contribution in [1.29, 1.82) is 0 Å². The van der Waals surface area contributed by atoms with Gasteiger partial charge in [-0.2, -0.15) is 0 Å². The molecule has 1 unspecified atom stereocenters. The molecule has 0 bridgehead atoms. The third-order valence-electron chi connectivity index (χ3n) is 4.11. The van der Waals surface area contributed by atoms with Crippen molar-refractivity contribution in [2.75, 3.05) is 17.7 Å². The van der Waals surface area contributed by atoms with Crippen molar-refractivity contribution in [1.82, 2.24) is 0 Å². The molecule has 0 N–H and O–H groups in total. The molecule has 1 atom stereocenters. The quantitative estimate of drug-likeness (QED) is 0.654. The first-order valence-corrected chi connectivity index (χ1v) is 9.14. The third kappa shape index (κ3) is 2.92. The van der Waals surface area contributed by atoms with Gasteiger partial charge in [-0.1, -0.05) is 25.1 Å². The topological polar surface area (TPSA) is 29.5 Å². The van der Waals surface area contributed by atoms with E-state index in [-0.39, 0.29) is 6.09 Å². The predicted octanol–water partition coefficient (Wildman–Crippen LogP) is 5.42. The van der Waals surface area contributed by atoms with E-state index in [0.29, 0.717) is 12.5 Å². The molecular weight excluding hydrogens is 306 g/mol. The highest BCUT2D eigenvalue weighted by Gasteiger charge is 2.34. The Kier molecular flexibility index (Phi) is 4.05. The zero-order valence-corrected chi connectivity index (χ0v) is 15.2. The van der Waals surface area contributed by atoms with Crippen LogP contribution in [0.4, 0.5) is 10.5 Å². The smallest absolute Gasteiger partial charge is 0.414 e. The minimum absolute atomic E-state index is 0.261. The molecule has 1 heterocycles. The van der Waals surface area contributed by atoms with Gasteiger partial charge in [0.05, 0.1) is 5.69 Å². The van der Waals surface area contributed by atoms with Gasteiger partial charge in [-0.05, 0) is 55.5 Å². The second-order valence-electron chi connectivity index (χ2n) is 7.05. The molecule has 1 amide bonds. The Morgan fingerprint density at radius 3 is 2.61 bits per heavy atom. The summed E-state index contributed by atoms with van der Waals surface area (Å²) in [5, 5.41) is 2.50. The van der Waals surface area contributed by atoms with Gasteiger partial charge in [0.15, 0.2) is 0 Å². The van der Waals surface area contributed by atoms with E-state index in [1.165, 1.54) is 21.2 Å². The molecule has 3 rings (SSSR count). The summed E-state index contributed by atoms with van der Waals surface area (Å²) in [4.78, 5) is 15.6. The summed E-state index contributed by atoms with van der Waals surface area (Å²) in [7, 11) is 0. The number of hydrogen-bond donors (Lipinski definition) is 0. The third-order valence-corrected chi connectivity index (χ3v) is 4.91. The van der Waals surface area contributed by atoms with Gasteiger partial charge in [-0.15, -0.1) is 11.8 Å². The normalized spacial score (nSPS) is 17.4. The fourth-order valence-corrected chi connectivity index (χ4v) is 3.84. The minimum Gasteiger partial charge on any atom is -0.443 e. The molecule has 0 radical (unpaired) electrons. The highest BCUT2D eigenvalue weighted by molar-refractivity contribution is 7.98. The molecule has 1 aliphatic heterocycles. The molecule has 1 aliphatic rings. The van der Waals surface area contributed by atoms with Gasteiger partial charge in [-0.3, -0.25) is 4.90 Å². The van der Waals surface area contributed by atoms with Crippen LogP contribution in [-0.2, 0) is 4.74 Å². The maximum Gasteiger partial charge on any atom is 0.414 e. The van der Waals surface area contributed by atoms with Crippen LogP contribution in [0.25, 0.3) is 10.8 Å². The Morgan fingerprint density at radius 2 is 1.96 bits per heavy atom. The number of carbonyl (C=O) groups is 1. The first-order chi connectivity index (χ1) is 10.8. The number of fused-ring (bicyclic) bond motifs is 3. The van der Waals surface area contributed by atoms with Gasteiger partial charge >= 0.3 is 6.09 Å². The second kappa shape index (κ2) is 5.75. The van der Waals surface area contributed by atoms with Crippen LogP contribution in [-0.4, -0.2) is 24.5 Å². The van der Waals surface area contributed by atoms with Crippen molar-refractivity contribution in [3.05, 3.63) is 35.9 Å². The fourth-order valence-electron chi connectivity index (χ4n) is 3.23. The number of amides is 1. The van der Waals surface area contributed by atoms with Gasteiger partial charge < -0.3 is 4.74 Å². The lowest BCUT2D eigenvalue weighted by molar-refractivity contribution is 0.0582. The van der Waals surface area contributed by atoms with Crippen LogP contribution in [0.15, 0.2) is 35.2 Å². The van der Waals surface area contributed by atoms with Crippen molar-refractivity contribution in [3.63, 3.8) is 0 Å². The number of rotatable bonds is 1. The molecule has 0 saturated heterocycles. The lowest BCUT2D eigenvalue weighted by atomic mass is 9.96. The van der Waals surface area contributed by atoms with Gasteiger partial charge in [0.1, 0.15) is 5.60 Å². The van der Waals surface area contributed by atoms with Crippen LogP contribution in [0.2, 0.25) is 0 Å². The summed E-state index contributed by atoms with van der Waals surface area (Å²) in [6.07, 6.45) is 1.83. The maximum atomic E-state index is 12.5. The highest BCUT2D eigenvalue weighted by atomic mass is 32.2. The number of ether oxygens (including phenoxy) is 1. The van der Waals surface area contributed by atoms with Gasteiger partial charge in [0, 0.05) is 17.4 Å². The molecule has 0 aliphatic carbocycles. The summed E-state index contributed by atoms with van der Waals surface area (Å²) in [5.74, 6) is 0.304. The summed E-state index contributed by atoms with van der Waals surface area (Å²) in [5.41, 5.74) is 1.76. The Morgan fingerprint density at radius 1 is 1.22 bits per heavy atom. The molecule has 2 aromatic carbocycles. The van der Waals surface area contributed by atoms with E-state index in [1.807, 2.05) is 20.8 Å². The molecule has 0 spiro atoms. The predicted molar refractivity (Wildman–Crippen MR) is 97.7 cm³/mol. The molecule has 3 nitrogen and oxygen atoms in total. The highest BCUT2D eigenvalue weighted by Crippen LogP contribution is 2.43. The number of hydrogen-bond acceptors (Lipinski definition) is 3. The second-order valence-corrected chi connectivity index (χ2v) is 7.89. The largest absolute Gasteiger partial charge is 0.443 e. The van der Waals surface area contributed by atoms with E-state index in [2.05, 4.69) is 43.5 Å². The first kappa shape index (κ1) is 16.2. The average Bonchev–Trinajstić information content (AvgIpc) is 2.82. The van der Waals surface area contributed by atoms with Crippen LogP contribution in [0.1, 0.15) is 39.2 Å². The Bertz CT molecular complexity index is 764. The first-order valence-electron chi connectivity index (χ1n) is 7.92. The number of thioether (sulfide) groups is 1. The van der Waals surface area contributed by atoms with E-state index < -0.39 is 5.60 Å². The summed E-state index contributed by atoms with van der Waals surface area (Å²) in [6.45, 7) is 8.55. The summed E-state index contributed by atoms with van der Waals surface area (Å²) >= 11 is 1.75. The van der Waals surface area contributed by atoms with Crippen LogP contribution in [0, 0.1) is 0 Å². The number of benzene rings is 2. The van der Waals surface area contributed by atoms with Crippen LogP contribution in [0.3, 0.4) is 0 Å². The van der Waals surface area contributed by atoms with Crippen LogP contribution in [0.5, 0.6) is 0 Å². The SMILES string of the molecule is CSc1cccc2c3c(ccc12)N(C(=O)OC(C)(C)C)CC3C. The van der Waals surface area contributed by atoms with E-state index in [4.69, 9.17) is 4.74 Å². The molecular formula is C19H23NO2S. The van der Waals surface area contributed by atoms with Crippen molar-refractivity contribution in [3.8, 4) is 0 Å². The minimum atomic E-state index is -0.480. The molecule has 4 heteroatoms. The Labute approximate surface area is 142 Å². The lowest BCUT2D eigenvalue weighted by Crippen LogP contribution is -2.36. The van der Waals surface area contributed by atoms with Gasteiger partial charge in [-0.25, -0.2) is 4.79 Å². The van der Waals surface area contributed by atoms with E-state index >= 15 is 0 Å². The zero-order valence-electron chi connectivity index (χ0n) is 14.3. The van der Waals surface area contributed by atoms with E-state index in [0.717, 1.165) is 5.69 Å². The molecule has 122 valence electrons. The van der Waals surface area contributed by atoms with Gasteiger partial charge in [0.25, 0.3) is 0 Å². The summed E-state index contributed by atoms with van der Waals surface area (Å²) < 4.78 is 5.57. The molecule has 0 fully saturated rings. The van der Waals surface area contributed by atoms with Gasteiger partial charge in [0.2, 0.25) is 0 Å². The van der Waals surface area contributed by atoms with Crippen molar-refractivity contribution >= 4 is 34.3 Å².